The highest BCUT2D eigenvalue weighted by atomic mass is 32.2. The van der Waals surface area contributed by atoms with Gasteiger partial charge in [-0.25, -0.2) is 0 Å². The molecular formula is C21H24N4O4S. The van der Waals surface area contributed by atoms with Gasteiger partial charge in [-0.05, 0) is 31.5 Å². The molecule has 0 spiro atoms. The van der Waals surface area contributed by atoms with Crippen LogP contribution in [0, 0.1) is 6.92 Å². The summed E-state index contributed by atoms with van der Waals surface area (Å²) in [6, 6.07) is 7.28. The Morgan fingerprint density at radius 3 is 2.80 bits per heavy atom. The zero-order valence-electron chi connectivity index (χ0n) is 17.0. The van der Waals surface area contributed by atoms with Gasteiger partial charge in [-0.1, -0.05) is 25.1 Å². The Hall–Kier alpha value is -2.94. The molecule has 0 saturated carbocycles. The third-order valence-electron chi connectivity index (χ3n) is 4.71. The average Bonchev–Trinajstić information content (AvgIpc) is 3.35. The maximum absolute atomic E-state index is 12.5. The molecule has 30 heavy (non-hydrogen) atoms. The topological polar surface area (TPSA) is 91.4 Å². The molecule has 4 rings (SSSR count). The number of furan rings is 1. The maximum Gasteiger partial charge on any atom is 0.234 e. The SMILES string of the molecule is CCCCn1c(SCC(=O)Nc2ccc3c(c2)OCCO3)nnc1-c1ccoc1C. The number of rotatable bonds is 8. The number of anilines is 1. The normalized spacial score (nSPS) is 12.7. The molecule has 3 heterocycles. The summed E-state index contributed by atoms with van der Waals surface area (Å²) in [4.78, 5) is 12.5. The molecule has 8 nitrogen and oxygen atoms in total. The van der Waals surface area contributed by atoms with Gasteiger partial charge in [0.15, 0.2) is 22.5 Å². The minimum atomic E-state index is -0.122. The van der Waals surface area contributed by atoms with Crippen molar-refractivity contribution in [3.63, 3.8) is 0 Å². The van der Waals surface area contributed by atoms with E-state index in [0.29, 0.717) is 30.4 Å². The lowest BCUT2D eigenvalue weighted by Crippen LogP contribution is -2.17. The highest BCUT2D eigenvalue weighted by molar-refractivity contribution is 7.99. The number of benzene rings is 1. The van der Waals surface area contributed by atoms with Gasteiger partial charge in [0.25, 0.3) is 0 Å². The number of carbonyl (C=O) groups is 1. The molecule has 0 aliphatic carbocycles. The number of ether oxygens (including phenoxy) is 2. The summed E-state index contributed by atoms with van der Waals surface area (Å²) in [7, 11) is 0. The highest BCUT2D eigenvalue weighted by Crippen LogP contribution is 2.33. The average molecular weight is 429 g/mol. The molecule has 0 bridgehead atoms. The summed E-state index contributed by atoms with van der Waals surface area (Å²) in [6.45, 7) is 5.87. The third kappa shape index (κ3) is 4.46. The van der Waals surface area contributed by atoms with Gasteiger partial charge in [0.05, 0.1) is 17.6 Å². The van der Waals surface area contributed by atoms with E-state index in [4.69, 9.17) is 13.9 Å². The Morgan fingerprint density at radius 1 is 1.20 bits per heavy atom. The van der Waals surface area contributed by atoms with Crippen molar-refractivity contribution in [2.75, 3.05) is 24.3 Å². The molecule has 158 valence electrons. The second kappa shape index (κ2) is 9.25. The molecule has 0 saturated heterocycles. The first-order chi connectivity index (χ1) is 14.7. The van der Waals surface area contributed by atoms with Crippen molar-refractivity contribution >= 4 is 23.4 Å². The van der Waals surface area contributed by atoms with Crippen molar-refractivity contribution in [2.24, 2.45) is 0 Å². The van der Waals surface area contributed by atoms with Crippen LogP contribution in [-0.4, -0.2) is 39.6 Å². The first-order valence-electron chi connectivity index (χ1n) is 9.95. The van der Waals surface area contributed by atoms with Crippen LogP contribution >= 0.6 is 11.8 Å². The summed E-state index contributed by atoms with van der Waals surface area (Å²) in [5.41, 5.74) is 1.60. The molecule has 1 amide bonds. The zero-order chi connectivity index (χ0) is 20.9. The van der Waals surface area contributed by atoms with Gasteiger partial charge in [0.2, 0.25) is 5.91 Å². The second-order valence-corrected chi connectivity index (χ2v) is 7.84. The predicted octanol–water partition coefficient (Wildman–Crippen LogP) is 4.15. The first-order valence-corrected chi connectivity index (χ1v) is 10.9. The second-order valence-electron chi connectivity index (χ2n) is 6.90. The van der Waals surface area contributed by atoms with E-state index >= 15 is 0 Å². The molecule has 3 aromatic rings. The molecule has 1 N–H and O–H groups in total. The smallest absolute Gasteiger partial charge is 0.234 e. The fourth-order valence-electron chi connectivity index (χ4n) is 3.18. The number of nitrogens with zero attached hydrogens (tertiary/aromatic N) is 3. The van der Waals surface area contributed by atoms with Crippen LogP contribution in [0.4, 0.5) is 5.69 Å². The van der Waals surface area contributed by atoms with E-state index in [1.165, 1.54) is 11.8 Å². The van der Waals surface area contributed by atoms with Crippen LogP contribution in [0.2, 0.25) is 0 Å². The quantitative estimate of drug-likeness (QED) is 0.539. The number of nitrogens with one attached hydrogen (secondary N) is 1. The van der Waals surface area contributed by atoms with E-state index < -0.39 is 0 Å². The Labute approximate surface area is 179 Å². The van der Waals surface area contributed by atoms with Gasteiger partial charge in [0.1, 0.15) is 19.0 Å². The lowest BCUT2D eigenvalue weighted by molar-refractivity contribution is -0.113. The van der Waals surface area contributed by atoms with E-state index in [0.717, 1.165) is 41.7 Å². The summed E-state index contributed by atoms with van der Waals surface area (Å²) < 4.78 is 18.6. The van der Waals surface area contributed by atoms with Gasteiger partial charge in [0, 0.05) is 18.3 Å². The standard InChI is InChI=1S/C21H24N4O4S/c1-3-4-8-25-20(16-7-9-27-14(16)2)23-24-21(25)30-13-19(26)22-15-5-6-17-18(12-15)29-11-10-28-17/h5-7,9,12H,3-4,8,10-11,13H2,1-2H3,(H,22,26). The summed E-state index contributed by atoms with van der Waals surface area (Å²) >= 11 is 1.37. The molecule has 2 aromatic heterocycles. The monoisotopic (exact) mass is 428 g/mol. The van der Waals surface area contributed by atoms with E-state index in [1.807, 2.05) is 13.0 Å². The summed E-state index contributed by atoms with van der Waals surface area (Å²) in [5.74, 6) is 3.01. The lowest BCUT2D eigenvalue weighted by Gasteiger charge is -2.19. The maximum atomic E-state index is 12.5. The van der Waals surface area contributed by atoms with Crippen molar-refractivity contribution in [3.8, 4) is 22.9 Å². The van der Waals surface area contributed by atoms with Gasteiger partial charge in [-0.15, -0.1) is 10.2 Å². The first kappa shape index (κ1) is 20.3. The van der Waals surface area contributed by atoms with Gasteiger partial charge in [-0.2, -0.15) is 0 Å². The number of aromatic nitrogens is 3. The Bertz CT molecular complexity index is 1030. The van der Waals surface area contributed by atoms with Crippen molar-refractivity contribution in [2.45, 2.75) is 38.4 Å². The predicted molar refractivity (Wildman–Crippen MR) is 114 cm³/mol. The number of fused-ring (bicyclic) bond motifs is 1. The zero-order valence-corrected chi connectivity index (χ0v) is 17.8. The van der Waals surface area contributed by atoms with Crippen molar-refractivity contribution in [3.05, 3.63) is 36.3 Å². The Kier molecular flexibility index (Phi) is 6.27. The Balaban J connectivity index is 1.43. The van der Waals surface area contributed by atoms with Crippen molar-refractivity contribution < 1.29 is 18.7 Å². The van der Waals surface area contributed by atoms with E-state index in [9.17, 15) is 4.79 Å². The lowest BCUT2D eigenvalue weighted by atomic mass is 10.2. The minimum absolute atomic E-state index is 0.122. The molecule has 0 unspecified atom stereocenters. The van der Waals surface area contributed by atoms with Gasteiger partial charge in [-0.3, -0.25) is 4.79 Å². The number of hydrogen-bond acceptors (Lipinski definition) is 7. The third-order valence-corrected chi connectivity index (χ3v) is 5.68. The highest BCUT2D eigenvalue weighted by Gasteiger charge is 2.18. The molecule has 0 fully saturated rings. The number of amides is 1. The minimum Gasteiger partial charge on any atom is -0.486 e. The molecule has 0 atom stereocenters. The summed E-state index contributed by atoms with van der Waals surface area (Å²) in [6.07, 6.45) is 3.70. The van der Waals surface area contributed by atoms with Crippen LogP contribution in [0.15, 0.2) is 40.1 Å². The van der Waals surface area contributed by atoms with Gasteiger partial charge < -0.3 is 23.8 Å². The van der Waals surface area contributed by atoms with E-state index in [1.54, 1.807) is 24.5 Å². The van der Waals surface area contributed by atoms with E-state index in [2.05, 4.69) is 27.0 Å². The summed E-state index contributed by atoms with van der Waals surface area (Å²) in [5, 5.41) is 12.3. The number of thioether (sulfide) groups is 1. The fraction of sp³-hybridized carbons (Fsp3) is 0.381. The largest absolute Gasteiger partial charge is 0.486 e. The van der Waals surface area contributed by atoms with Crippen molar-refractivity contribution in [1.29, 1.82) is 0 Å². The van der Waals surface area contributed by atoms with Crippen molar-refractivity contribution in [1.82, 2.24) is 14.8 Å². The van der Waals surface area contributed by atoms with Crippen LogP contribution in [0.1, 0.15) is 25.5 Å². The fourth-order valence-corrected chi connectivity index (χ4v) is 3.94. The molecule has 1 aliphatic heterocycles. The number of carbonyl (C=O) groups excluding carboxylic acids is 1. The molecule has 1 aliphatic rings. The number of aryl methyl sites for hydroxylation is 1. The van der Waals surface area contributed by atoms with Crippen LogP contribution in [-0.2, 0) is 11.3 Å². The van der Waals surface area contributed by atoms with Crippen LogP contribution in [0.5, 0.6) is 11.5 Å². The van der Waals surface area contributed by atoms with Crippen LogP contribution in [0.3, 0.4) is 0 Å². The van der Waals surface area contributed by atoms with E-state index in [-0.39, 0.29) is 11.7 Å². The van der Waals surface area contributed by atoms with Gasteiger partial charge >= 0.3 is 0 Å². The molecule has 0 radical (unpaired) electrons. The Morgan fingerprint density at radius 2 is 2.03 bits per heavy atom. The molecule has 1 aromatic carbocycles. The van der Waals surface area contributed by atoms with Crippen LogP contribution < -0.4 is 14.8 Å². The molecule has 9 heteroatoms. The number of hydrogen-bond donors (Lipinski definition) is 1. The molecular weight excluding hydrogens is 404 g/mol. The van der Waals surface area contributed by atoms with Crippen LogP contribution in [0.25, 0.3) is 11.4 Å². The number of unbranched alkanes of at least 4 members (excludes halogenated alkanes) is 1.